The molecule has 6 heteroatoms. The first-order valence-corrected chi connectivity index (χ1v) is 10.3. The van der Waals surface area contributed by atoms with E-state index in [4.69, 9.17) is 4.74 Å². The van der Waals surface area contributed by atoms with Crippen molar-refractivity contribution in [3.63, 3.8) is 0 Å². The number of rotatable bonds is 4. The predicted octanol–water partition coefficient (Wildman–Crippen LogP) is 3.40. The van der Waals surface area contributed by atoms with Gasteiger partial charge in [-0.15, -0.1) is 0 Å². The Morgan fingerprint density at radius 3 is 2.50 bits per heavy atom. The molecule has 6 nitrogen and oxygen atoms in total. The third-order valence-electron chi connectivity index (χ3n) is 5.55. The Hall–Kier alpha value is -2.96. The van der Waals surface area contributed by atoms with E-state index in [0.29, 0.717) is 5.56 Å². The Balaban J connectivity index is 1.62. The van der Waals surface area contributed by atoms with Gasteiger partial charge in [0.1, 0.15) is 0 Å². The molecule has 0 aliphatic carbocycles. The van der Waals surface area contributed by atoms with Crippen LogP contribution >= 0.6 is 0 Å². The Bertz CT molecular complexity index is 1130. The largest absolute Gasteiger partial charge is 0.373 e. The molecular weight excluding hydrogens is 378 g/mol. The van der Waals surface area contributed by atoms with Crippen LogP contribution < -0.4 is 10.9 Å². The van der Waals surface area contributed by atoms with Gasteiger partial charge < -0.3 is 14.6 Å². The maximum Gasteiger partial charge on any atom is 0.256 e. The number of hydrogen-bond donors (Lipinski definition) is 1. The first-order valence-electron chi connectivity index (χ1n) is 10.3. The molecular formula is C24H27N3O3. The molecule has 2 unspecified atom stereocenters. The minimum atomic E-state index is -0.278. The summed E-state index contributed by atoms with van der Waals surface area (Å²) in [5, 5.41) is 3.79. The number of ether oxygens (including phenoxy) is 1. The van der Waals surface area contributed by atoms with Crippen LogP contribution in [-0.2, 0) is 18.3 Å². The molecule has 2 aromatic carbocycles. The highest BCUT2D eigenvalue weighted by Crippen LogP contribution is 2.22. The maximum absolute atomic E-state index is 13.1. The standard InChI is InChI=1S/C24H27N3O3/c1-16-13-27(14-17(2)30-16)15-18-8-4-6-10-21(18)25-24(29)20-12-23(28)26(3)22-11-7-5-9-19(20)22/h4-12,16-17H,13-15H2,1-3H3,(H,25,29). The fraction of sp³-hybridized carbons (Fsp3) is 0.333. The summed E-state index contributed by atoms with van der Waals surface area (Å²) in [6.45, 7) is 6.60. The maximum atomic E-state index is 13.1. The van der Waals surface area contributed by atoms with Crippen LogP contribution in [-0.4, -0.2) is 40.7 Å². The van der Waals surface area contributed by atoms with Crippen LogP contribution in [0.25, 0.3) is 10.9 Å². The van der Waals surface area contributed by atoms with Crippen molar-refractivity contribution in [3.05, 3.63) is 76.1 Å². The number of carbonyl (C=O) groups excluding carboxylic acids is 1. The average molecular weight is 405 g/mol. The number of aromatic nitrogens is 1. The van der Waals surface area contributed by atoms with Crippen LogP contribution in [0.4, 0.5) is 5.69 Å². The molecule has 0 radical (unpaired) electrons. The van der Waals surface area contributed by atoms with E-state index in [2.05, 4.69) is 24.1 Å². The number of fused-ring (bicyclic) bond motifs is 1. The Labute approximate surface area is 176 Å². The van der Waals surface area contributed by atoms with Crippen LogP contribution in [0, 0.1) is 0 Å². The van der Waals surface area contributed by atoms with Crippen molar-refractivity contribution in [2.45, 2.75) is 32.6 Å². The van der Waals surface area contributed by atoms with E-state index in [1.807, 2.05) is 48.5 Å². The lowest BCUT2D eigenvalue weighted by atomic mass is 10.1. The number of nitrogens with one attached hydrogen (secondary N) is 1. The second kappa shape index (κ2) is 8.42. The summed E-state index contributed by atoms with van der Waals surface area (Å²) in [6.07, 6.45) is 0.366. The van der Waals surface area contributed by atoms with Crippen molar-refractivity contribution >= 4 is 22.5 Å². The molecule has 0 saturated carbocycles. The van der Waals surface area contributed by atoms with E-state index in [-0.39, 0.29) is 23.7 Å². The summed E-state index contributed by atoms with van der Waals surface area (Å²) in [6, 6.07) is 16.7. The summed E-state index contributed by atoms with van der Waals surface area (Å²) < 4.78 is 7.38. The lowest BCUT2D eigenvalue weighted by Gasteiger charge is -2.35. The van der Waals surface area contributed by atoms with E-state index < -0.39 is 0 Å². The SMILES string of the molecule is CC1CN(Cc2ccccc2NC(=O)c2cc(=O)n(C)c3ccccc23)CC(C)O1. The molecule has 1 aromatic heterocycles. The highest BCUT2D eigenvalue weighted by Gasteiger charge is 2.23. The molecule has 3 aromatic rings. The van der Waals surface area contributed by atoms with Crippen molar-refractivity contribution in [3.8, 4) is 0 Å². The summed E-state index contributed by atoms with van der Waals surface area (Å²) in [5.41, 5.74) is 2.72. The van der Waals surface area contributed by atoms with E-state index in [1.165, 1.54) is 6.07 Å². The van der Waals surface area contributed by atoms with Crippen molar-refractivity contribution < 1.29 is 9.53 Å². The lowest BCUT2D eigenvalue weighted by molar-refractivity contribution is -0.0704. The molecule has 2 heterocycles. The Morgan fingerprint density at radius 1 is 1.07 bits per heavy atom. The number of benzene rings is 2. The molecule has 0 spiro atoms. The molecule has 1 fully saturated rings. The number of aryl methyl sites for hydroxylation is 1. The second-order valence-corrected chi connectivity index (χ2v) is 8.04. The van der Waals surface area contributed by atoms with Crippen molar-refractivity contribution in [2.75, 3.05) is 18.4 Å². The van der Waals surface area contributed by atoms with E-state index in [0.717, 1.165) is 41.8 Å². The van der Waals surface area contributed by atoms with Gasteiger partial charge in [0.05, 0.1) is 23.3 Å². The zero-order valence-electron chi connectivity index (χ0n) is 17.6. The predicted molar refractivity (Wildman–Crippen MR) is 119 cm³/mol. The Kier molecular flexibility index (Phi) is 5.70. The zero-order valence-corrected chi connectivity index (χ0v) is 17.6. The van der Waals surface area contributed by atoms with Crippen LogP contribution in [0.2, 0.25) is 0 Å². The van der Waals surface area contributed by atoms with Crippen LogP contribution in [0.5, 0.6) is 0 Å². The number of anilines is 1. The quantitative estimate of drug-likeness (QED) is 0.723. The minimum absolute atomic E-state index is 0.183. The summed E-state index contributed by atoms with van der Waals surface area (Å²) >= 11 is 0. The molecule has 0 bridgehead atoms. The molecule has 1 saturated heterocycles. The monoisotopic (exact) mass is 405 g/mol. The number of pyridine rings is 1. The van der Waals surface area contributed by atoms with Gasteiger partial charge >= 0.3 is 0 Å². The third kappa shape index (κ3) is 4.15. The van der Waals surface area contributed by atoms with Crippen molar-refractivity contribution in [1.82, 2.24) is 9.47 Å². The van der Waals surface area contributed by atoms with Gasteiger partial charge in [0.25, 0.3) is 11.5 Å². The minimum Gasteiger partial charge on any atom is -0.373 e. The smallest absolute Gasteiger partial charge is 0.256 e. The number of amides is 1. The van der Waals surface area contributed by atoms with Crippen molar-refractivity contribution in [1.29, 1.82) is 0 Å². The molecule has 1 amide bonds. The first-order chi connectivity index (χ1) is 14.4. The van der Waals surface area contributed by atoms with Gasteiger partial charge in [0.15, 0.2) is 0 Å². The third-order valence-corrected chi connectivity index (χ3v) is 5.55. The van der Waals surface area contributed by atoms with Gasteiger partial charge in [0, 0.05) is 43.8 Å². The van der Waals surface area contributed by atoms with Gasteiger partial charge in [-0.05, 0) is 31.5 Å². The molecule has 1 aliphatic rings. The topological polar surface area (TPSA) is 63.6 Å². The second-order valence-electron chi connectivity index (χ2n) is 8.04. The van der Waals surface area contributed by atoms with Crippen molar-refractivity contribution in [2.24, 2.45) is 7.05 Å². The van der Waals surface area contributed by atoms with Crippen LogP contribution in [0.15, 0.2) is 59.4 Å². The number of carbonyl (C=O) groups is 1. The van der Waals surface area contributed by atoms with Gasteiger partial charge in [-0.1, -0.05) is 36.4 Å². The molecule has 2 atom stereocenters. The highest BCUT2D eigenvalue weighted by molar-refractivity contribution is 6.12. The molecule has 1 aliphatic heterocycles. The summed E-state index contributed by atoms with van der Waals surface area (Å²) in [4.78, 5) is 27.9. The summed E-state index contributed by atoms with van der Waals surface area (Å²) in [7, 11) is 1.71. The van der Waals surface area contributed by atoms with Crippen LogP contribution in [0.1, 0.15) is 29.8 Å². The van der Waals surface area contributed by atoms with Crippen LogP contribution in [0.3, 0.4) is 0 Å². The lowest BCUT2D eigenvalue weighted by Crippen LogP contribution is -2.44. The van der Waals surface area contributed by atoms with Gasteiger partial charge in [-0.2, -0.15) is 0 Å². The molecule has 1 N–H and O–H groups in total. The number of hydrogen-bond acceptors (Lipinski definition) is 4. The van der Waals surface area contributed by atoms with E-state index in [1.54, 1.807) is 11.6 Å². The van der Waals surface area contributed by atoms with Gasteiger partial charge in [-0.3, -0.25) is 14.5 Å². The Morgan fingerprint density at radius 2 is 1.73 bits per heavy atom. The first kappa shape index (κ1) is 20.3. The molecule has 4 rings (SSSR count). The highest BCUT2D eigenvalue weighted by atomic mass is 16.5. The van der Waals surface area contributed by atoms with Gasteiger partial charge in [0.2, 0.25) is 0 Å². The molecule has 156 valence electrons. The number of morpholine rings is 1. The van der Waals surface area contributed by atoms with E-state index in [9.17, 15) is 9.59 Å². The summed E-state index contributed by atoms with van der Waals surface area (Å²) in [5.74, 6) is -0.278. The number of nitrogens with zero attached hydrogens (tertiary/aromatic N) is 2. The van der Waals surface area contributed by atoms with E-state index >= 15 is 0 Å². The van der Waals surface area contributed by atoms with Gasteiger partial charge in [-0.25, -0.2) is 0 Å². The number of para-hydroxylation sites is 2. The normalized spacial score (nSPS) is 19.7. The fourth-order valence-electron chi connectivity index (χ4n) is 4.22. The average Bonchev–Trinajstić information content (AvgIpc) is 2.71. The fourth-order valence-corrected chi connectivity index (χ4v) is 4.22. The zero-order chi connectivity index (χ0) is 21.3. The molecule has 30 heavy (non-hydrogen) atoms.